The van der Waals surface area contributed by atoms with Gasteiger partial charge in [0.1, 0.15) is 0 Å². The summed E-state index contributed by atoms with van der Waals surface area (Å²) in [5, 5.41) is 0. The quantitative estimate of drug-likeness (QED) is 0.750. The Hall–Kier alpha value is -1.00. The second-order valence-electron chi connectivity index (χ2n) is 3.80. The van der Waals surface area contributed by atoms with Gasteiger partial charge in [0.05, 0.1) is 6.26 Å². The number of hydrogen-bond acceptors (Lipinski definition) is 3. The van der Waals surface area contributed by atoms with Gasteiger partial charge < -0.3 is 9.32 Å². The van der Waals surface area contributed by atoms with E-state index < -0.39 is 0 Å². The topological polar surface area (TPSA) is 36.7 Å². The predicted octanol–water partition coefficient (Wildman–Crippen LogP) is 1.28. The van der Waals surface area contributed by atoms with Gasteiger partial charge in [-0.1, -0.05) is 0 Å². The molecule has 0 N–H and O–H groups in total. The van der Waals surface area contributed by atoms with Gasteiger partial charge in [-0.15, -0.1) is 11.6 Å². The van der Waals surface area contributed by atoms with Crippen molar-refractivity contribution in [2.75, 3.05) is 38.6 Å². The highest BCUT2D eigenvalue weighted by molar-refractivity contribution is 6.18. The van der Waals surface area contributed by atoms with E-state index in [-0.39, 0.29) is 5.91 Å². The number of piperazine rings is 1. The SMILES string of the molecule is O=C(c1ccco1)N1CCN(CCCl)CC1. The Kier molecular flexibility index (Phi) is 3.85. The summed E-state index contributed by atoms with van der Waals surface area (Å²) in [6.07, 6.45) is 1.52. The van der Waals surface area contributed by atoms with Gasteiger partial charge in [-0.25, -0.2) is 0 Å². The van der Waals surface area contributed by atoms with E-state index in [1.807, 2.05) is 4.90 Å². The minimum atomic E-state index is -0.0180. The minimum Gasteiger partial charge on any atom is -0.459 e. The molecule has 0 bridgehead atoms. The van der Waals surface area contributed by atoms with Crippen LogP contribution in [0.4, 0.5) is 0 Å². The maximum absolute atomic E-state index is 11.9. The van der Waals surface area contributed by atoms with Crippen LogP contribution in [0.25, 0.3) is 0 Å². The number of alkyl halides is 1. The molecule has 1 fully saturated rings. The third kappa shape index (κ3) is 2.57. The van der Waals surface area contributed by atoms with E-state index in [4.69, 9.17) is 16.0 Å². The van der Waals surface area contributed by atoms with Crippen LogP contribution in [0.15, 0.2) is 22.8 Å². The van der Waals surface area contributed by atoms with Crippen molar-refractivity contribution in [3.8, 4) is 0 Å². The molecule has 0 aliphatic carbocycles. The van der Waals surface area contributed by atoms with Crippen molar-refractivity contribution in [2.45, 2.75) is 0 Å². The van der Waals surface area contributed by atoms with E-state index in [1.54, 1.807) is 12.1 Å². The van der Waals surface area contributed by atoms with Crippen molar-refractivity contribution >= 4 is 17.5 Å². The molecule has 5 heteroatoms. The summed E-state index contributed by atoms with van der Waals surface area (Å²) in [5.74, 6) is 1.05. The third-order valence-corrected chi connectivity index (χ3v) is 2.96. The summed E-state index contributed by atoms with van der Waals surface area (Å²) in [5.41, 5.74) is 0. The summed E-state index contributed by atoms with van der Waals surface area (Å²) >= 11 is 5.68. The number of nitrogens with zero attached hydrogens (tertiary/aromatic N) is 2. The van der Waals surface area contributed by atoms with Gasteiger partial charge in [0, 0.05) is 38.6 Å². The zero-order valence-electron chi connectivity index (χ0n) is 9.06. The monoisotopic (exact) mass is 242 g/mol. The lowest BCUT2D eigenvalue weighted by atomic mass is 10.3. The highest BCUT2D eigenvalue weighted by Crippen LogP contribution is 2.09. The van der Waals surface area contributed by atoms with Crippen LogP contribution in [0.5, 0.6) is 0 Å². The van der Waals surface area contributed by atoms with Gasteiger partial charge in [-0.2, -0.15) is 0 Å². The maximum atomic E-state index is 11.9. The third-order valence-electron chi connectivity index (χ3n) is 2.79. The van der Waals surface area contributed by atoms with Gasteiger partial charge in [0.2, 0.25) is 0 Å². The van der Waals surface area contributed by atoms with Crippen molar-refractivity contribution in [1.29, 1.82) is 0 Å². The Morgan fingerprint density at radius 1 is 1.38 bits per heavy atom. The molecule has 1 aromatic heterocycles. The highest BCUT2D eigenvalue weighted by Gasteiger charge is 2.22. The number of furan rings is 1. The van der Waals surface area contributed by atoms with Gasteiger partial charge in [-0.3, -0.25) is 9.69 Å². The molecule has 16 heavy (non-hydrogen) atoms. The number of amides is 1. The van der Waals surface area contributed by atoms with Gasteiger partial charge in [0.15, 0.2) is 5.76 Å². The summed E-state index contributed by atoms with van der Waals surface area (Å²) in [4.78, 5) is 16.0. The van der Waals surface area contributed by atoms with E-state index in [1.165, 1.54) is 6.26 Å². The molecule has 0 aromatic carbocycles. The van der Waals surface area contributed by atoms with Crippen LogP contribution in [0.3, 0.4) is 0 Å². The first kappa shape index (κ1) is 11.5. The van der Waals surface area contributed by atoms with Crippen LogP contribution < -0.4 is 0 Å². The van der Waals surface area contributed by atoms with Crippen LogP contribution in [0.1, 0.15) is 10.6 Å². The van der Waals surface area contributed by atoms with Crippen molar-refractivity contribution in [2.24, 2.45) is 0 Å². The molecule has 2 heterocycles. The summed E-state index contributed by atoms with van der Waals surface area (Å²) in [7, 11) is 0. The molecule has 1 aliphatic heterocycles. The van der Waals surface area contributed by atoms with Crippen LogP contribution in [-0.2, 0) is 0 Å². The first-order chi connectivity index (χ1) is 7.81. The Morgan fingerprint density at radius 2 is 2.12 bits per heavy atom. The minimum absolute atomic E-state index is 0.0180. The molecule has 0 spiro atoms. The smallest absolute Gasteiger partial charge is 0.289 e. The lowest BCUT2D eigenvalue weighted by Crippen LogP contribution is -2.49. The molecule has 0 saturated carbocycles. The number of halogens is 1. The molecule has 1 aromatic rings. The predicted molar refractivity (Wildman–Crippen MR) is 61.8 cm³/mol. The molecule has 2 rings (SSSR count). The second kappa shape index (κ2) is 5.37. The maximum Gasteiger partial charge on any atom is 0.289 e. The molecular formula is C11H15ClN2O2. The number of carbonyl (C=O) groups is 1. The van der Waals surface area contributed by atoms with Crippen LogP contribution >= 0.6 is 11.6 Å². The Bertz CT molecular complexity index is 332. The number of carbonyl (C=O) groups excluding carboxylic acids is 1. The van der Waals surface area contributed by atoms with E-state index in [9.17, 15) is 4.79 Å². The lowest BCUT2D eigenvalue weighted by Gasteiger charge is -2.33. The summed E-state index contributed by atoms with van der Waals surface area (Å²) < 4.78 is 5.10. The van der Waals surface area contributed by atoms with Crippen molar-refractivity contribution in [3.63, 3.8) is 0 Å². The zero-order chi connectivity index (χ0) is 11.4. The number of rotatable bonds is 3. The molecule has 1 saturated heterocycles. The molecule has 0 radical (unpaired) electrons. The van der Waals surface area contributed by atoms with E-state index in [0.29, 0.717) is 11.6 Å². The fraction of sp³-hybridized carbons (Fsp3) is 0.545. The van der Waals surface area contributed by atoms with Crippen LogP contribution in [0.2, 0.25) is 0 Å². The fourth-order valence-corrected chi connectivity index (χ4v) is 2.09. The average Bonchev–Trinajstić information content (AvgIpc) is 2.83. The molecular weight excluding hydrogens is 228 g/mol. The molecule has 88 valence electrons. The van der Waals surface area contributed by atoms with Crippen LogP contribution in [0, 0.1) is 0 Å². The van der Waals surface area contributed by atoms with Gasteiger partial charge in [0.25, 0.3) is 5.91 Å². The van der Waals surface area contributed by atoms with Crippen molar-refractivity contribution in [1.82, 2.24) is 9.80 Å². The standard InChI is InChI=1S/C11H15ClN2O2/c12-3-4-13-5-7-14(8-6-13)11(15)10-2-1-9-16-10/h1-2,9H,3-8H2. The van der Waals surface area contributed by atoms with Gasteiger partial charge in [-0.05, 0) is 12.1 Å². The van der Waals surface area contributed by atoms with Gasteiger partial charge >= 0.3 is 0 Å². The van der Waals surface area contributed by atoms with Crippen molar-refractivity contribution < 1.29 is 9.21 Å². The largest absolute Gasteiger partial charge is 0.459 e. The molecule has 4 nitrogen and oxygen atoms in total. The first-order valence-corrected chi connectivity index (χ1v) is 5.96. The molecule has 0 unspecified atom stereocenters. The summed E-state index contributed by atoms with van der Waals surface area (Å²) in [6.45, 7) is 4.16. The normalized spacial score (nSPS) is 17.7. The lowest BCUT2D eigenvalue weighted by molar-refractivity contribution is 0.0613. The van der Waals surface area contributed by atoms with Crippen LogP contribution in [-0.4, -0.2) is 54.3 Å². The Balaban J connectivity index is 1.87. The zero-order valence-corrected chi connectivity index (χ0v) is 9.82. The first-order valence-electron chi connectivity index (χ1n) is 5.42. The van der Waals surface area contributed by atoms with E-state index in [0.717, 1.165) is 32.7 Å². The fourth-order valence-electron chi connectivity index (χ4n) is 1.85. The Labute approximate surface area is 99.8 Å². The average molecular weight is 243 g/mol. The Morgan fingerprint density at radius 3 is 2.69 bits per heavy atom. The van der Waals surface area contributed by atoms with E-state index in [2.05, 4.69) is 4.90 Å². The highest BCUT2D eigenvalue weighted by atomic mass is 35.5. The summed E-state index contributed by atoms with van der Waals surface area (Å²) in [6, 6.07) is 3.43. The molecule has 1 aliphatic rings. The number of hydrogen-bond donors (Lipinski definition) is 0. The molecule has 1 amide bonds. The second-order valence-corrected chi connectivity index (χ2v) is 4.18. The molecule has 0 atom stereocenters. The van der Waals surface area contributed by atoms with Crippen molar-refractivity contribution in [3.05, 3.63) is 24.2 Å². The van der Waals surface area contributed by atoms with E-state index >= 15 is 0 Å².